The number of aliphatic hydroxyl groups is 2. The highest BCUT2D eigenvalue weighted by atomic mass is 28.4. The molecule has 0 saturated carbocycles. The van der Waals surface area contributed by atoms with Crippen molar-refractivity contribution in [2.24, 2.45) is 11.8 Å². The van der Waals surface area contributed by atoms with E-state index in [1.165, 1.54) is 14.0 Å². The molecule has 0 radical (unpaired) electrons. The predicted octanol–water partition coefficient (Wildman–Crippen LogP) is 1.82. The van der Waals surface area contributed by atoms with Gasteiger partial charge in [0.05, 0.1) is 19.1 Å². The first-order chi connectivity index (χ1) is 12.1. The zero-order valence-electron chi connectivity index (χ0n) is 18.2. The molecule has 158 valence electrons. The summed E-state index contributed by atoms with van der Waals surface area (Å²) in [4.78, 5) is 25.7. The van der Waals surface area contributed by atoms with Gasteiger partial charge < -0.3 is 24.7 Å². The second kappa shape index (κ2) is 7.81. The number of methoxy groups -OCH3 is 1. The van der Waals surface area contributed by atoms with Crippen LogP contribution in [0.25, 0.3) is 0 Å². The molecular weight excluding hydrogens is 366 g/mol. The summed E-state index contributed by atoms with van der Waals surface area (Å²) in [6.45, 7) is 15.3. The van der Waals surface area contributed by atoms with Crippen LogP contribution in [0.1, 0.15) is 48.0 Å². The Morgan fingerprint density at radius 1 is 1.33 bits per heavy atom. The number of hydrogen-bond donors (Lipinski definition) is 3. The van der Waals surface area contributed by atoms with Crippen LogP contribution >= 0.6 is 0 Å². The first-order valence-electron chi connectivity index (χ1n) is 9.51. The van der Waals surface area contributed by atoms with E-state index < -0.39 is 43.4 Å². The summed E-state index contributed by atoms with van der Waals surface area (Å²) in [7, 11) is -1.12. The molecule has 0 aromatic heterocycles. The number of hydrogen-bond acceptors (Lipinski definition) is 6. The number of aliphatic hydroxyl groups excluding tert-OH is 1. The molecule has 1 amide bonds. The van der Waals surface area contributed by atoms with Crippen LogP contribution in [0.5, 0.6) is 0 Å². The van der Waals surface area contributed by atoms with Gasteiger partial charge in [-0.25, -0.2) is 4.79 Å². The first-order valence-corrected chi connectivity index (χ1v) is 12.4. The third-order valence-electron chi connectivity index (χ3n) is 6.30. The van der Waals surface area contributed by atoms with Crippen LogP contribution in [-0.4, -0.2) is 61.4 Å². The van der Waals surface area contributed by atoms with Crippen LogP contribution in [0.4, 0.5) is 0 Å². The van der Waals surface area contributed by atoms with Crippen LogP contribution in [0, 0.1) is 11.8 Å². The maximum absolute atomic E-state index is 13.0. The van der Waals surface area contributed by atoms with Gasteiger partial charge in [0.15, 0.2) is 13.9 Å². The van der Waals surface area contributed by atoms with Crippen LogP contribution in [-0.2, 0) is 18.8 Å². The van der Waals surface area contributed by atoms with Gasteiger partial charge in [0.1, 0.15) is 5.60 Å². The van der Waals surface area contributed by atoms with E-state index in [1.807, 2.05) is 13.8 Å². The third kappa shape index (κ3) is 3.94. The molecule has 3 N–H and O–H groups in total. The van der Waals surface area contributed by atoms with Crippen molar-refractivity contribution in [3.05, 3.63) is 0 Å². The average Bonchev–Trinajstić information content (AvgIpc) is 2.71. The van der Waals surface area contributed by atoms with E-state index in [2.05, 4.69) is 39.2 Å². The summed E-state index contributed by atoms with van der Waals surface area (Å²) >= 11 is 0. The lowest BCUT2D eigenvalue weighted by Gasteiger charge is -2.49. The Labute approximate surface area is 163 Å². The summed E-state index contributed by atoms with van der Waals surface area (Å²) in [6, 6.07) is 0. The van der Waals surface area contributed by atoms with Crippen molar-refractivity contribution in [3.63, 3.8) is 0 Å². The van der Waals surface area contributed by atoms with Crippen LogP contribution in [0.2, 0.25) is 18.1 Å². The molecule has 27 heavy (non-hydrogen) atoms. The Bertz CT molecular complexity index is 569. The molecule has 1 rings (SSSR count). The normalized spacial score (nSPS) is 30.4. The maximum Gasteiger partial charge on any atom is 0.337 e. The smallest absolute Gasteiger partial charge is 0.337 e. The molecule has 7 nitrogen and oxygen atoms in total. The lowest BCUT2D eigenvalue weighted by Crippen LogP contribution is -2.72. The molecule has 1 fully saturated rings. The van der Waals surface area contributed by atoms with Crippen LogP contribution in [0.3, 0.4) is 0 Å². The number of rotatable bonds is 7. The van der Waals surface area contributed by atoms with Crippen molar-refractivity contribution in [1.82, 2.24) is 5.32 Å². The number of carbonyl (C=O) groups excluding carboxylic acids is 2. The first kappa shape index (κ1) is 24.1. The Morgan fingerprint density at radius 3 is 2.22 bits per heavy atom. The Morgan fingerprint density at radius 2 is 1.85 bits per heavy atom. The molecule has 0 spiro atoms. The van der Waals surface area contributed by atoms with Crippen molar-refractivity contribution >= 4 is 20.2 Å². The van der Waals surface area contributed by atoms with E-state index in [1.54, 1.807) is 0 Å². The number of esters is 1. The number of amides is 1. The lowest BCUT2D eigenvalue weighted by atomic mass is 9.70. The fourth-order valence-corrected chi connectivity index (χ4v) is 5.03. The van der Waals surface area contributed by atoms with Gasteiger partial charge in [0.2, 0.25) is 5.91 Å². The predicted molar refractivity (Wildman–Crippen MR) is 106 cm³/mol. The van der Waals surface area contributed by atoms with Crippen LogP contribution < -0.4 is 5.32 Å². The van der Waals surface area contributed by atoms with Crippen molar-refractivity contribution < 1.29 is 29.0 Å². The largest absolute Gasteiger partial charge is 0.467 e. The van der Waals surface area contributed by atoms with Crippen molar-refractivity contribution in [2.75, 3.05) is 13.7 Å². The summed E-state index contributed by atoms with van der Waals surface area (Å²) in [5.74, 6) is -2.34. The minimum absolute atomic E-state index is 0.0441. The summed E-state index contributed by atoms with van der Waals surface area (Å²) in [5, 5.41) is 23.4. The minimum Gasteiger partial charge on any atom is -0.467 e. The molecule has 1 saturated heterocycles. The molecule has 0 unspecified atom stereocenters. The molecule has 1 aliphatic heterocycles. The van der Waals surface area contributed by atoms with E-state index >= 15 is 0 Å². The zero-order chi connectivity index (χ0) is 21.4. The van der Waals surface area contributed by atoms with Gasteiger partial charge in [-0.05, 0) is 37.4 Å². The average molecular weight is 404 g/mol. The topological polar surface area (TPSA) is 105 Å². The van der Waals surface area contributed by atoms with Crippen molar-refractivity contribution in [1.29, 1.82) is 0 Å². The molecule has 4 atom stereocenters. The lowest BCUT2D eigenvalue weighted by molar-refractivity contribution is -0.172. The molecule has 0 aromatic carbocycles. The molecule has 0 aromatic rings. The van der Waals surface area contributed by atoms with Crippen molar-refractivity contribution in [3.8, 4) is 0 Å². The Kier molecular flexibility index (Phi) is 6.96. The molecular formula is C19H37NO6Si. The van der Waals surface area contributed by atoms with E-state index in [4.69, 9.17) is 9.16 Å². The molecule has 0 aliphatic carbocycles. The third-order valence-corrected chi connectivity index (χ3v) is 10.8. The highest BCUT2D eigenvalue weighted by Crippen LogP contribution is 2.47. The number of carbonyl (C=O) groups is 2. The standard InChI is InChI=1S/C19H37NO6Si/c1-12(2)14(26-27(8,9)17(3,4)5)19(16(23)25-7)18(6,24)13(10-11-21)15(22)20-19/h12-14,21,24H,10-11H2,1-9H3,(H,20,22)/t13-,14-,18-,19+/m0/s1. The van der Waals surface area contributed by atoms with Gasteiger partial charge in [0, 0.05) is 6.61 Å². The highest BCUT2D eigenvalue weighted by Gasteiger charge is 2.70. The SMILES string of the molecule is COC(=O)[C@@]1([C@@H](O[Si](C)(C)C(C)(C)C)C(C)C)NC(=O)[C@H](CCO)[C@]1(C)O. The quantitative estimate of drug-likeness (QED) is 0.442. The van der Waals surface area contributed by atoms with Gasteiger partial charge in [0.25, 0.3) is 0 Å². The van der Waals surface area contributed by atoms with Gasteiger partial charge >= 0.3 is 5.97 Å². The summed E-state index contributed by atoms with van der Waals surface area (Å²) < 4.78 is 11.6. The summed E-state index contributed by atoms with van der Waals surface area (Å²) in [6.07, 6.45) is -0.740. The van der Waals surface area contributed by atoms with Crippen LogP contribution in [0.15, 0.2) is 0 Å². The van der Waals surface area contributed by atoms with Crippen molar-refractivity contribution in [2.45, 2.75) is 83.3 Å². The molecule has 0 bridgehead atoms. The van der Waals surface area contributed by atoms with E-state index in [0.717, 1.165) is 0 Å². The van der Waals surface area contributed by atoms with E-state index in [9.17, 15) is 19.8 Å². The van der Waals surface area contributed by atoms with Gasteiger partial charge in [-0.1, -0.05) is 34.6 Å². The Balaban J connectivity index is 3.60. The fourth-order valence-electron chi connectivity index (χ4n) is 3.59. The van der Waals surface area contributed by atoms with Gasteiger partial charge in [-0.2, -0.15) is 0 Å². The highest BCUT2D eigenvalue weighted by molar-refractivity contribution is 6.74. The van der Waals surface area contributed by atoms with Gasteiger partial charge in [-0.3, -0.25) is 4.79 Å². The summed E-state index contributed by atoms with van der Waals surface area (Å²) in [5.41, 5.74) is -3.53. The second-order valence-corrected chi connectivity index (χ2v) is 14.3. The monoisotopic (exact) mass is 403 g/mol. The molecule has 1 heterocycles. The molecule has 8 heteroatoms. The fraction of sp³-hybridized carbons (Fsp3) is 0.895. The Hall–Kier alpha value is -0.963. The zero-order valence-corrected chi connectivity index (χ0v) is 19.2. The maximum atomic E-state index is 13.0. The number of ether oxygens (including phenoxy) is 1. The molecule has 1 aliphatic rings. The van der Waals surface area contributed by atoms with Gasteiger partial charge in [-0.15, -0.1) is 0 Å². The minimum atomic E-state index is -2.35. The van der Waals surface area contributed by atoms with E-state index in [-0.39, 0.29) is 24.0 Å². The second-order valence-electron chi connectivity index (χ2n) is 9.54. The number of nitrogens with one attached hydrogen (secondary N) is 1. The van der Waals surface area contributed by atoms with E-state index in [0.29, 0.717) is 0 Å².